The first-order chi connectivity index (χ1) is 5.25. The Bertz CT molecular complexity index is 232. The monoisotopic (exact) mass is 175 g/mol. The van der Waals surface area contributed by atoms with Crippen LogP contribution in [0.4, 0.5) is 8.78 Å². The van der Waals surface area contributed by atoms with Gasteiger partial charge in [0, 0.05) is 5.56 Å². The minimum Gasteiger partial charge on any atom is -0.259 e. The van der Waals surface area contributed by atoms with Gasteiger partial charge in [0.15, 0.2) is 0 Å². The standard InChI is InChI=1S/C7H7F2NS/c8-6-3-10-4-7(9)5(6)1-2-11/h3-4,11H,1-2H2. The first-order valence-electron chi connectivity index (χ1n) is 3.14. The second-order valence-corrected chi connectivity index (χ2v) is 2.50. The van der Waals surface area contributed by atoms with Crippen LogP contribution < -0.4 is 0 Å². The molecule has 0 aliphatic carbocycles. The van der Waals surface area contributed by atoms with Crippen molar-refractivity contribution in [2.75, 3.05) is 5.75 Å². The first kappa shape index (κ1) is 8.46. The molecule has 1 aromatic rings. The highest BCUT2D eigenvalue weighted by molar-refractivity contribution is 7.80. The quantitative estimate of drug-likeness (QED) is 0.676. The molecule has 0 N–H and O–H groups in total. The van der Waals surface area contributed by atoms with Crippen LogP contribution in [-0.4, -0.2) is 10.7 Å². The molecule has 0 atom stereocenters. The summed E-state index contributed by atoms with van der Waals surface area (Å²) in [6, 6.07) is 0. The summed E-state index contributed by atoms with van der Waals surface area (Å²) in [4.78, 5) is 3.35. The summed E-state index contributed by atoms with van der Waals surface area (Å²) in [5.74, 6) is -0.768. The van der Waals surface area contributed by atoms with Crippen molar-refractivity contribution in [1.29, 1.82) is 0 Å². The van der Waals surface area contributed by atoms with Gasteiger partial charge in [-0.25, -0.2) is 8.78 Å². The van der Waals surface area contributed by atoms with Gasteiger partial charge < -0.3 is 0 Å². The smallest absolute Gasteiger partial charge is 0.147 e. The molecule has 0 amide bonds. The zero-order chi connectivity index (χ0) is 8.27. The fourth-order valence-electron chi connectivity index (χ4n) is 0.789. The zero-order valence-corrected chi connectivity index (χ0v) is 6.61. The molecule has 0 aliphatic heterocycles. The number of hydrogen-bond acceptors (Lipinski definition) is 2. The number of rotatable bonds is 2. The predicted molar refractivity (Wildman–Crippen MR) is 41.7 cm³/mol. The molecule has 0 aliphatic rings. The molecule has 4 heteroatoms. The van der Waals surface area contributed by atoms with Crippen LogP contribution in [0.1, 0.15) is 5.56 Å². The molecular weight excluding hydrogens is 168 g/mol. The summed E-state index contributed by atoms with van der Waals surface area (Å²) in [7, 11) is 0. The van der Waals surface area contributed by atoms with Gasteiger partial charge in [-0.1, -0.05) is 0 Å². The average Bonchev–Trinajstić information content (AvgIpc) is 1.97. The minimum absolute atomic E-state index is 0.0648. The van der Waals surface area contributed by atoms with Crippen molar-refractivity contribution in [3.05, 3.63) is 29.6 Å². The molecule has 60 valence electrons. The Morgan fingerprint density at radius 3 is 2.27 bits per heavy atom. The molecule has 0 unspecified atom stereocenters. The Labute approximate surface area is 68.9 Å². The number of thiol groups is 1. The van der Waals surface area contributed by atoms with Crippen molar-refractivity contribution in [1.82, 2.24) is 4.98 Å². The largest absolute Gasteiger partial charge is 0.259 e. The molecule has 0 fully saturated rings. The highest BCUT2D eigenvalue weighted by Gasteiger charge is 2.06. The summed E-state index contributed by atoms with van der Waals surface area (Å²) < 4.78 is 25.4. The number of hydrogen-bond donors (Lipinski definition) is 1. The van der Waals surface area contributed by atoms with Crippen molar-refractivity contribution in [3.8, 4) is 0 Å². The molecular formula is C7H7F2NS. The molecule has 0 spiro atoms. The van der Waals surface area contributed by atoms with E-state index >= 15 is 0 Å². The van der Waals surface area contributed by atoms with Crippen molar-refractivity contribution in [2.24, 2.45) is 0 Å². The normalized spacial score (nSPS) is 10.1. The van der Waals surface area contributed by atoms with E-state index in [1.165, 1.54) is 0 Å². The second kappa shape index (κ2) is 3.67. The van der Waals surface area contributed by atoms with Gasteiger partial charge >= 0.3 is 0 Å². The Hall–Kier alpha value is -0.640. The van der Waals surface area contributed by atoms with E-state index in [4.69, 9.17) is 0 Å². The van der Waals surface area contributed by atoms with Gasteiger partial charge in [-0.05, 0) is 12.2 Å². The van der Waals surface area contributed by atoms with Gasteiger partial charge in [0.1, 0.15) is 11.6 Å². The summed E-state index contributed by atoms with van der Waals surface area (Å²) in [6.45, 7) is 0. The predicted octanol–water partition coefficient (Wildman–Crippen LogP) is 1.83. The van der Waals surface area contributed by atoms with E-state index in [0.29, 0.717) is 12.2 Å². The molecule has 1 aromatic heterocycles. The van der Waals surface area contributed by atoms with Gasteiger partial charge in [0.25, 0.3) is 0 Å². The van der Waals surface area contributed by atoms with Gasteiger partial charge in [-0.2, -0.15) is 12.6 Å². The Morgan fingerprint density at radius 1 is 1.27 bits per heavy atom. The molecule has 11 heavy (non-hydrogen) atoms. The van der Waals surface area contributed by atoms with Crippen LogP contribution in [0.2, 0.25) is 0 Å². The Kier molecular flexibility index (Phi) is 2.82. The lowest BCUT2D eigenvalue weighted by Gasteiger charge is -1.99. The van der Waals surface area contributed by atoms with E-state index in [0.717, 1.165) is 12.4 Å². The molecule has 1 rings (SSSR count). The summed E-state index contributed by atoms with van der Waals surface area (Å²) in [5.41, 5.74) is 0.0648. The molecule has 1 nitrogen and oxygen atoms in total. The molecule has 0 radical (unpaired) electrons. The summed E-state index contributed by atoms with van der Waals surface area (Å²) in [6.07, 6.45) is 2.30. The lowest BCUT2D eigenvalue weighted by Crippen LogP contribution is -1.97. The molecule has 0 saturated carbocycles. The highest BCUT2D eigenvalue weighted by Crippen LogP contribution is 2.10. The minimum atomic E-state index is -0.598. The van der Waals surface area contributed by atoms with Crippen molar-refractivity contribution in [2.45, 2.75) is 6.42 Å². The van der Waals surface area contributed by atoms with E-state index in [9.17, 15) is 8.78 Å². The number of aromatic nitrogens is 1. The molecule has 0 saturated heterocycles. The van der Waals surface area contributed by atoms with Gasteiger partial charge in [-0.15, -0.1) is 0 Å². The van der Waals surface area contributed by atoms with E-state index in [1.807, 2.05) is 0 Å². The fraction of sp³-hybridized carbons (Fsp3) is 0.286. The van der Waals surface area contributed by atoms with Crippen LogP contribution >= 0.6 is 12.6 Å². The van der Waals surface area contributed by atoms with Crippen molar-refractivity contribution in [3.63, 3.8) is 0 Å². The molecule has 0 aromatic carbocycles. The maximum atomic E-state index is 12.7. The van der Waals surface area contributed by atoms with E-state index in [1.54, 1.807) is 0 Å². The van der Waals surface area contributed by atoms with Crippen LogP contribution in [0.15, 0.2) is 12.4 Å². The molecule has 1 heterocycles. The number of halogens is 2. The van der Waals surface area contributed by atoms with Gasteiger partial charge in [0.2, 0.25) is 0 Å². The van der Waals surface area contributed by atoms with Gasteiger partial charge in [-0.3, -0.25) is 4.98 Å². The SMILES string of the molecule is Fc1cncc(F)c1CCS. The lowest BCUT2D eigenvalue weighted by atomic mass is 10.2. The topological polar surface area (TPSA) is 12.9 Å². The maximum absolute atomic E-state index is 12.7. The van der Waals surface area contributed by atoms with E-state index in [-0.39, 0.29) is 5.56 Å². The highest BCUT2D eigenvalue weighted by atomic mass is 32.1. The van der Waals surface area contributed by atoms with Crippen molar-refractivity contribution >= 4 is 12.6 Å². The summed E-state index contributed by atoms with van der Waals surface area (Å²) >= 11 is 3.87. The van der Waals surface area contributed by atoms with E-state index in [2.05, 4.69) is 17.6 Å². The summed E-state index contributed by atoms with van der Waals surface area (Å²) in [5, 5.41) is 0. The Balaban J connectivity index is 3.00. The third-order valence-electron chi connectivity index (χ3n) is 1.31. The van der Waals surface area contributed by atoms with E-state index < -0.39 is 11.6 Å². The Morgan fingerprint density at radius 2 is 1.82 bits per heavy atom. The third-order valence-corrected chi connectivity index (χ3v) is 1.54. The first-order valence-corrected chi connectivity index (χ1v) is 3.77. The van der Waals surface area contributed by atoms with Crippen LogP contribution in [0.3, 0.4) is 0 Å². The van der Waals surface area contributed by atoms with Crippen LogP contribution in [0, 0.1) is 11.6 Å². The number of pyridine rings is 1. The van der Waals surface area contributed by atoms with Crippen LogP contribution in [-0.2, 0) is 6.42 Å². The van der Waals surface area contributed by atoms with Crippen LogP contribution in [0.25, 0.3) is 0 Å². The van der Waals surface area contributed by atoms with Crippen molar-refractivity contribution < 1.29 is 8.78 Å². The average molecular weight is 175 g/mol. The number of nitrogens with zero attached hydrogens (tertiary/aromatic N) is 1. The lowest BCUT2D eigenvalue weighted by molar-refractivity contribution is 0.550. The fourth-order valence-corrected chi connectivity index (χ4v) is 1.01. The van der Waals surface area contributed by atoms with Crippen LogP contribution in [0.5, 0.6) is 0 Å². The second-order valence-electron chi connectivity index (χ2n) is 2.06. The zero-order valence-electron chi connectivity index (χ0n) is 5.72. The van der Waals surface area contributed by atoms with Gasteiger partial charge in [0.05, 0.1) is 12.4 Å². The maximum Gasteiger partial charge on any atom is 0.147 e. The third kappa shape index (κ3) is 1.89. The molecule has 0 bridgehead atoms.